The van der Waals surface area contributed by atoms with Crippen LogP contribution < -0.4 is 10.9 Å². The van der Waals surface area contributed by atoms with E-state index in [4.69, 9.17) is 0 Å². The molecule has 0 aromatic carbocycles. The molecule has 2 aromatic heterocycles. The fraction of sp³-hybridized carbons (Fsp3) is 0.500. The molecule has 5 nitrogen and oxygen atoms in total. The molecule has 20 heavy (non-hydrogen) atoms. The fourth-order valence-corrected chi connectivity index (χ4v) is 2.86. The van der Waals surface area contributed by atoms with Crippen LogP contribution in [0.25, 0.3) is 10.2 Å². The number of nitrogens with one attached hydrogen (secondary N) is 1. The van der Waals surface area contributed by atoms with Gasteiger partial charge in [0, 0.05) is 12.7 Å². The van der Waals surface area contributed by atoms with Crippen molar-refractivity contribution in [2.45, 2.75) is 39.0 Å². The van der Waals surface area contributed by atoms with E-state index in [1.807, 2.05) is 0 Å². The molecule has 0 aliphatic rings. The highest BCUT2D eigenvalue weighted by Crippen LogP contribution is 2.12. The van der Waals surface area contributed by atoms with Crippen molar-refractivity contribution >= 4 is 27.8 Å². The lowest BCUT2D eigenvalue weighted by atomic mass is 10.1. The van der Waals surface area contributed by atoms with Crippen LogP contribution in [0.2, 0.25) is 0 Å². The summed E-state index contributed by atoms with van der Waals surface area (Å²) in [6.07, 6.45) is 7.31. The predicted molar refractivity (Wildman–Crippen MR) is 81.4 cm³/mol. The first kappa shape index (κ1) is 14.7. The van der Waals surface area contributed by atoms with E-state index in [9.17, 15) is 9.59 Å². The number of hydrogen-bond acceptors (Lipinski definition) is 4. The number of pyridine rings is 1. The molecule has 1 N–H and O–H groups in total. The number of amides is 1. The average molecular weight is 293 g/mol. The molecule has 2 heterocycles. The number of rotatable bonds is 6. The first-order chi connectivity index (χ1) is 9.74. The van der Waals surface area contributed by atoms with Crippen LogP contribution in [0, 0.1) is 0 Å². The number of fused-ring (bicyclic) bond motifs is 1. The second kappa shape index (κ2) is 7.19. The van der Waals surface area contributed by atoms with Gasteiger partial charge in [0.2, 0.25) is 0 Å². The van der Waals surface area contributed by atoms with Gasteiger partial charge in [0.1, 0.15) is 4.83 Å². The average Bonchev–Trinajstić information content (AvgIpc) is 2.80. The summed E-state index contributed by atoms with van der Waals surface area (Å²) in [5.41, 5.74) is -0.290. The molecule has 0 bridgehead atoms. The topological polar surface area (TPSA) is 64.0 Å². The summed E-state index contributed by atoms with van der Waals surface area (Å²) in [7, 11) is 0. The summed E-state index contributed by atoms with van der Waals surface area (Å²) < 4.78 is 1.14. The number of unbranched alkanes of at least 4 members (excludes halogenated alkanes) is 4. The molecule has 6 heteroatoms. The molecular formula is C14H19N3O2S. The number of carbonyl (C=O) groups excluding carboxylic acids is 1. The van der Waals surface area contributed by atoms with Crippen molar-refractivity contribution in [3.8, 4) is 0 Å². The predicted octanol–water partition coefficient (Wildman–Crippen LogP) is 2.99. The highest BCUT2D eigenvalue weighted by Gasteiger charge is 2.13. The van der Waals surface area contributed by atoms with Crippen LogP contribution in [0.4, 0.5) is 4.79 Å². The van der Waals surface area contributed by atoms with Gasteiger partial charge in [-0.15, -0.1) is 0 Å². The minimum Gasteiger partial charge on any atom is -0.337 e. The first-order valence-electron chi connectivity index (χ1n) is 6.99. The lowest BCUT2D eigenvalue weighted by Gasteiger charge is -2.03. The molecule has 0 aliphatic carbocycles. The zero-order valence-corrected chi connectivity index (χ0v) is 12.4. The van der Waals surface area contributed by atoms with Crippen LogP contribution in [0.15, 0.2) is 23.1 Å². The van der Waals surface area contributed by atoms with E-state index in [2.05, 4.69) is 17.2 Å². The summed E-state index contributed by atoms with van der Waals surface area (Å²) in [4.78, 5) is 28.7. The molecule has 0 saturated heterocycles. The molecule has 0 aliphatic heterocycles. The number of hydrogen-bond donors (Lipinski definition) is 1. The van der Waals surface area contributed by atoms with Gasteiger partial charge in [0.15, 0.2) is 0 Å². The van der Waals surface area contributed by atoms with Crippen molar-refractivity contribution < 1.29 is 4.79 Å². The Morgan fingerprint density at radius 3 is 2.90 bits per heavy atom. The van der Waals surface area contributed by atoms with Gasteiger partial charge in [0.25, 0.3) is 5.56 Å². The maximum atomic E-state index is 12.0. The number of carbonyl (C=O) groups is 1. The second-order valence-electron chi connectivity index (χ2n) is 4.69. The van der Waals surface area contributed by atoms with E-state index in [-0.39, 0.29) is 11.6 Å². The van der Waals surface area contributed by atoms with E-state index in [1.165, 1.54) is 19.3 Å². The standard InChI is InChI=1S/C14H19N3O2S/c1-2-3-4-5-6-9-16-14(19)17-13(18)11-8-7-10-15-12(11)20-17/h7-8,10H,2-6,9H2,1H3,(H,16,19). The zero-order valence-electron chi connectivity index (χ0n) is 11.6. The van der Waals surface area contributed by atoms with Gasteiger partial charge in [-0.2, -0.15) is 3.96 Å². The summed E-state index contributed by atoms with van der Waals surface area (Å²) >= 11 is 1.08. The monoisotopic (exact) mass is 293 g/mol. The lowest BCUT2D eigenvalue weighted by Crippen LogP contribution is -2.33. The van der Waals surface area contributed by atoms with E-state index < -0.39 is 0 Å². The Morgan fingerprint density at radius 1 is 1.35 bits per heavy atom. The zero-order chi connectivity index (χ0) is 14.4. The van der Waals surface area contributed by atoms with Crippen LogP contribution in [0.1, 0.15) is 39.0 Å². The summed E-state index contributed by atoms with van der Waals surface area (Å²) in [6.45, 7) is 2.78. The van der Waals surface area contributed by atoms with Crippen LogP contribution >= 0.6 is 11.5 Å². The number of nitrogens with zero attached hydrogens (tertiary/aromatic N) is 2. The van der Waals surface area contributed by atoms with Crippen molar-refractivity contribution in [1.82, 2.24) is 14.3 Å². The third kappa shape index (κ3) is 3.45. The maximum Gasteiger partial charge on any atom is 0.338 e. The quantitative estimate of drug-likeness (QED) is 0.833. The Morgan fingerprint density at radius 2 is 2.15 bits per heavy atom. The summed E-state index contributed by atoms with van der Waals surface area (Å²) in [6, 6.07) is 3.04. The Balaban J connectivity index is 1.91. The molecule has 2 aromatic rings. The largest absolute Gasteiger partial charge is 0.338 e. The SMILES string of the molecule is CCCCCCCNC(=O)n1sc2ncccc2c1=O. The minimum absolute atomic E-state index is 0.290. The summed E-state index contributed by atoms with van der Waals surface area (Å²) in [5, 5.41) is 3.28. The Hall–Kier alpha value is -1.69. The van der Waals surface area contributed by atoms with E-state index in [0.717, 1.165) is 28.3 Å². The Kier molecular flexibility index (Phi) is 5.29. The second-order valence-corrected chi connectivity index (χ2v) is 5.63. The fourth-order valence-electron chi connectivity index (χ4n) is 1.99. The van der Waals surface area contributed by atoms with Crippen molar-refractivity contribution in [2.24, 2.45) is 0 Å². The third-order valence-corrected chi connectivity index (χ3v) is 4.12. The first-order valence-corrected chi connectivity index (χ1v) is 7.76. The highest BCUT2D eigenvalue weighted by molar-refractivity contribution is 7.14. The molecule has 1 amide bonds. The third-order valence-electron chi connectivity index (χ3n) is 3.10. The van der Waals surface area contributed by atoms with Crippen LogP contribution in [0.5, 0.6) is 0 Å². The van der Waals surface area contributed by atoms with Gasteiger partial charge >= 0.3 is 6.03 Å². The van der Waals surface area contributed by atoms with Gasteiger partial charge in [-0.05, 0) is 30.1 Å². The van der Waals surface area contributed by atoms with Crippen molar-refractivity contribution in [3.05, 3.63) is 28.7 Å². The number of aromatic nitrogens is 2. The molecule has 2 rings (SSSR count). The van der Waals surface area contributed by atoms with Gasteiger partial charge in [-0.3, -0.25) is 4.79 Å². The van der Waals surface area contributed by atoms with Crippen molar-refractivity contribution in [2.75, 3.05) is 6.54 Å². The molecule has 0 fully saturated rings. The van der Waals surface area contributed by atoms with Crippen molar-refractivity contribution in [1.29, 1.82) is 0 Å². The highest BCUT2D eigenvalue weighted by atomic mass is 32.1. The summed E-state index contributed by atoms with van der Waals surface area (Å²) in [5.74, 6) is 0. The minimum atomic E-state index is -0.353. The van der Waals surface area contributed by atoms with Gasteiger partial charge < -0.3 is 5.32 Å². The Labute approximate surface area is 121 Å². The van der Waals surface area contributed by atoms with Crippen LogP contribution in [-0.2, 0) is 0 Å². The molecule has 0 atom stereocenters. The molecule has 108 valence electrons. The maximum absolute atomic E-state index is 12.0. The Bertz CT molecular complexity index is 633. The van der Waals surface area contributed by atoms with Gasteiger partial charge in [0.05, 0.1) is 5.39 Å². The molecule has 0 saturated carbocycles. The molecule has 0 spiro atoms. The lowest BCUT2D eigenvalue weighted by molar-refractivity contribution is 0.243. The van der Waals surface area contributed by atoms with Crippen molar-refractivity contribution in [3.63, 3.8) is 0 Å². The normalized spacial score (nSPS) is 10.8. The van der Waals surface area contributed by atoms with E-state index in [0.29, 0.717) is 16.8 Å². The van der Waals surface area contributed by atoms with Gasteiger partial charge in [-0.25, -0.2) is 9.78 Å². The van der Waals surface area contributed by atoms with E-state index in [1.54, 1.807) is 18.3 Å². The van der Waals surface area contributed by atoms with Crippen LogP contribution in [0.3, 0.4) is 0 Å². The molecular weight excluding hydrogens is 274 g/mol. The van der Waals surface area contributed by atoms with E-state index >= 15 is 0 Å². The molecule has 0 unspecified atom stereocenters. The smallest absolute Gasteiger partial charge is 0.337 e. The molecule has 0 radical (unpaired) electrons. The van der Waals surface area contributed by atoms with Gasteiger partial charge in [-0.1, -0.05) is 32.6 Å². The van der Waals surface area contributed by atoms with Crippen LogP contribution in [-0.4, -0.2) is 21.5 Å².